The SMILES string of the molecule is CC(C)(C)[C@@](C)(O)C#Cc1ccccc1. The standard InChI is InChI=1S/C14H18O/c1-13(2,3)14(4,15)11-10-12-8-6-5-7-9-12/h5-9,15H,1-4H3/t14-/m0/s1. The average Bonchev–Trinajstić information content (AvgIpc) is 2.15. The van der Waals surface area contributed by atoms with E-state index in [1.54, 1.807) is 6.92 Å². The first-order chi connectivity index (χ1) is 6.83. The Morgan fingerprint density at radius 1 is 1.00 bits per heavy atom. The third-order valence-electron chi connectivity index (χ3n) is 2.68. The van der Waals surface area contributed by atoms with Gasteiger partial charge in [0.15, 0.2) is 0 Å². The fourth-order valence-electron chi connectivity index (χ4n) is 0.903. The molecule has 80 valence electrons. The van der Waals surface area contributed by atoms with Gasteiger partial charge in [0, 0.05) is 11.0 Å². The lowest BCUT2D eigenvalue weighted by Gasteiger charge is -2.32. The summed E-state index contributed by atoms with van der Waals surface area (Å²) in [5, 5.41) is 10.1. The molecule has 1 nitrogen and oxygen atoms in total. The molecule has 0 bridgehead atoms. The van der Waals surface area contributed by atoms with Crippen LogP contribution >= 0.6 is 0 Å². The summed E-state index contributed by atoms with van der Waals surface area (Å²) in [6.45, 7) is 7.69. The number of aliphatic hydroxyl groups is 1. The maximum Gasteiger partial charge on any atom is 0.127 e. The van der Waals surface area contributed by atoms with Crippen molar-refractivity contribution in [1.29, 1.82) is 0 Å². The largest absolute Gasteiger partial charge is 0.377 e. The molecule has 0 aliphatic carbocycles. The summed E-state index contributed by atoms with van der Waals surface area (Å²) in [4.78, 5) is 0. The Labute approximate surface area is 92.1 Å². The summed E-state index contributed by atoms with van der Waals surface area (Å²) in [5.41, 5.74) is -0.278. The van der Waals surface area contributed by atoms with E-state index >= 15 is 0 Å². The number of hydrogen-bond donors (Lipinski definition) is 1. The van der Waals surface area contributed by atoms with E-state index in [9.17, 15) is 5.11 Å². The zero-order valence-corrected chi connectivity index (χ0v) is 9.83. The molecule has 1 aromatic rings. The van der Waals surface area contributed by atoms with Crippen LogP contribution in [0.2, 0.25) is 0 Å². The third-order valence-corrected chi connectivity index (χ3v) is 2.68. The van der Waals surface area contributed by atoms with Crippen LogP contribution in [0.3, 0.4) is 0 Å². The Balaban J connectivity index is 2.92. The van der Waals surface area contributed by atoms with E-state index < -0.39 is 5.60 Å². The molecule has 1 heteroatoms. The van der Waals surface area contributed by atoms with Crippen LogP contribution in [0.15, 0.2) is 30.3 Å². The van der Waals surface area contributed by atoms with Crippen molar-refractivity contribution in [2.45, 2.75) is 33.3 Å². The van der Waals surface area contributed by atoms with Gasteiger partial charge in [-0.2, -0.15) is 0 Å². The van der Waals surface area contributed by atoms with Crippen molar-refractivity contribution in [3.05, 3.63) is 35.9 Å². The predicted octanol–water partition coefficient (Wildman–Crippen LogP) is 2.84. The molecule has 1 rings (SSSR count). The Morgan fingerprint density at radius 2 is 1.53 bits per heavy atom. The van der Waals surface area contributed by atoms with E-state index in [1.807, 2.05) is 51.1 Å². The van der Waals surface area contributed by atoms with Crippen LogP contribution in [0.5, 0.6) is 0 Å². The number of hydrogen-bond acceptors (Lipinski definition) is 1. The van der Waals surface area contributed by atoms with Gasteiger partial charge in [-0.05, 0) is 19.1 Å². The van der Waals surface area contributed by atoms with Crippen molar-refractivity contribution in [3.63, 3.8) is 0 Å². The maximum absolute atomic E-state index is 10.1. The number of benzene rings is 1. The molecule has 1 aromatic carbocycles. The number of rotatable bonds is 0. The quantitative estimate of drug-likeness (QED) is 0.641. The molecular weight excluding hydrogens is 184 g/mol. The normalized spacial score (nSPS) is 15.0. The molecule has 0 spiro atoms. The van der Waals surface area contributed by atoms with Gasteiger partial charge in [-0.1, -0.05) is 50.8 Å². The van der Waals surface area contributed by atoms with Crippen molar-refractivity contribution >= 4 is 0 Å². The minimum atomic E-state index is -0.969. The Hall–Kier alpha value is -1.26. The zero-order chi connectivity index (χ0) is 11.5. The molecule has 0 unspecified atom stereocenters. The fraction of sp³-hybridized carbons (Fsp3) is 0.429. The molecule has 0 fully saturated rings. The molecule has 15 heavy (non-hydrogen) atoms. The minimum absolute atomic E-state index is 0.241. The highest BCUT2D eigenvalue weighted by Gasteiger charge is 2.33. The molecule has 1 N–H and O–H groups in total. The summed E-state index contributed by atoms with van der Waals surface area (Å²) < 4.78 is 0. The molecule has 0 saturated carbocycles. The Morgan fingerprint density at radius 3 is 2.00 bits per heavy atom. The second-order valence-electron chi connectivity index (χ2n) is 4.94. The molecular formula is C14H18O. The predicted molar refractivity (Wildman–Crippen MR) is 63.4 cm³/mol. The molecule has 0 aliphatic heterocycles. The second-order valence-corrected chi connectivity index (χ2v) is 4.94. The molecule has 0 aromatic heterocycles. The second kappa shape index (κ2) is 4.08. The minimum Gasteiger partial charge on any atom is -0.377 e. The van der Waals surface area contributed by atoms with Crippen LogP contribution in [0.1, 0.15) is 33.3 Å². The lowest BCUT2D eigenvalue weighted by atomic mass is 9.78. The van der Waals surface area contributed by atoms with Gasteiger partial charge in [0.05, 0.1) is 0 Å². The van der Waals surface area contributed by atoms with Gasteiger partial charge in [-0.15, -0.1) is 0 Å². The van der Waals surface area contributed by atoms with Crippen LogP contribution in [0.4, 0.5) is 0 Å². The molecule has 1 atom stereocenters. The van der Waals surface area contributed by atoms with Gasteiger partial charge in [-0.25, -0.2) is 0 Å². The van der Waals surface area contributed by atoms with Gasteiger partial charge in [-0.3, -0.25) is 0 Å². The van der Waals surface area contributed by atoms with E-state index in [0.717, 1.165) is 5.56 Å². The topological polar surface area (TPSA) is 20.2 Å². The van der Waals surface area contributed by atoms with Gasteiger partial charge in [0.2, 0.25) is 0 Å². The van der Waals surface area contributed by atoms with E-state index in [1.165, 1.54) is 0 Å². The van der Waals surface area contributed by atoms with Gasteiger partial charge in [0.25, 0.3) is 0 Å². The zero-order valence-electron chi connectivity index (χ0n) is 9.83. The fourth-order valence-corrected chi connectivity index (χ4v) is 0.903. The maximum atomic E-state index is 10.1. The van der Waals surface area contributed by atoms with E-state index in [0.29, 0.717) is 0 Å². The van der Waals surface area contributed by atoms with Crippen molar-refractivity contribution in [1.82, 2.24) is 0 Å². The van der Waals surface area contributed by atoms with Gasteiger partial charge < -0.3 is 5.11 Å². The van der Waals surface area contributed by atoms with Crippen molar-refractivity contribution in [2.75, 3.05) is 0 Å². The molecule has 0 aliphatic rings. The monoisotopic (exact) mass is 202 g/mol. The van der Waals surface area contributed by atoms with E-state index in [4.69, 9.17) is 0 Å². The highest BCUT2D eigenvalue weighted by atomic mass is 16.3. The molecule has 0 radical (unpaired) electrons. The lowest BCUT2D eigenvalue weighted by molar-refractivity contribution is 0.0129. The van der Waals surface area contributed by atoms with Crippen LogP contribution in [-0.2, 0) is 0 Å². The first kappa shape index (κ1) is 11.8. The van der Waals surface area contributed by atoms with Crippen molar-refractivity contribution in [2.24, 2.45) is 5.41 Å². The van der Waals surface area contributed by atoms with Gasteiger partial charge in [0.1, 0.15) is 5.60 Å². The highest BCUT2D eigenvalue weighted by molar-refractivity contribution is 5.36. The van der Waals surface area contributed by atoms with Crippen LogP contribution < -0.4 is 0 Å². The van der Waals surface area contributed by atoms with E-state index in [-0.39, 0.29) is 5.41 Å². The summed E-state index contributed by atoms with van der Waals surface area (Å²) in [5.74, 6) is 5.91. The summed E-state index contributed by atoms with van der Waals surface area (Å²) in [7, 11) is 0. The van der Waals surface area contributed by atoms with Crippen LogP contribution in [0, 0.1) is 17.3 Å². The van der Waals surface area contributed by atoms with E-state index in [2.05, 4.69) is 11.8 Å². The smallest absolute Gasteiger partial charge is 0.127 e. The Bertz CT molecular complexity index is 371. The van der Waals surface area contributed by atoms with Gasteiger partial charge >= 0.3 is 0 Å². The lowest BCUT2D eigenvalue weighted by Crippen LogP contribution is -2.38. The molecule has 0 amide bonds. The first-order valence-corrected chi connectivity index (χ1v) is 5.13. The van der Waals surface area contributed by atoms with Crippen molar-refractivity contribution in [3.8, 4) is 11.8 Å². The highest BCUT2D eigenvalue weighted by Crippen LogP contribution is 2.29. The first-order valence-electron chi connectivity index (χ1n) is 5.13. The summed E-state index contributed by atoms with van der Waals surface area (Å²) in [6.07, 6.45) is 0. The average molecular weight is 202 g/mol. The molecule has 0 saturated heterocycles. The van der Waals surface area contributed by atoms with Crippen molar-refractivity contribution < 1.29 is 5.11 Å². The molecule has 0 heterocycles. The van der Waals surface area contributed by atoms with Crippen LogP contribution in [-0.4, -0.2) is 10.7 Å². The summed E-state index contributed by atoms with van der Waals surface area (Å²) in [6, 6.07) is 9.70. The summed E-state index contributed by atoms with van der Waals surface area (Å²) >= 11 is 0. The third kappa shape index (κ3) is 3.11. The van der Waals surface area contributed by atoms with Crippen LogP contribution in [0.25, 0.3) is 0 Å². The Kier molecular flexibility index (Phi) is 3.21.